The molecule has 30 heavy (non-hydrogen) atoms. The van der Waals surface area contributed by atoms with Gasteiger partial charge in [0.1, 0.15) is 5.78 Å². The Kier molecular flexibility index (Phi) is 6.80. The molecule has 3 fully saturated rings. The van der Waals surface area contributed by atoms with Gasteiger partial charge < -0.3 is 9.84 Å². The van der Waals surface area contributed by atoms with Gasteiger partial charge in [0.2, 0.25) is 0 Å². The van der Waals surface area contributed by atoms with Gasteiger partial charge in [-0.3, -0.25) is 4.79 Å². The molecule has 0 aromatic rings. The first-order valence-corrected chi connectivity index (χ1v) is 12.8. The molecule has 0 saturated heterocycles. The zero-order valence-corrected chi connectivity index (χ0v) is 19.6. The molecule has 3 saturated carbocycles. The Morgan fingerprint density at radius 2 is 1.87 bits per heavy atom. The van der Waals surface area contributed by atoms with Crippen LogP contribution < -0.4 is 0 Å². The van der Waals surface area contributed by atoms with Crippen LogP contribution in [0.1, 0.15) is 97.8 Å². The number of carbonyl (C=O) groups is 1. The van der Waals surface area contributed by atoms with Crippen molar-refractivity contribution in [2.24, 2.45) is 34.5 Å². The third kappa shape index (κ3) is 3.94. The van der Waals surface area contributed by atoms with Gasteiger partial charge >= 0.3 is 0 Å². The van der Waals surface area contributed by atoms with Crippen LogP contribution in [0.4, 0.5) is 0 Å². The first kappa shape index (κ1) is 22.5. The van der Waals surface area contributed by atoms with Crippen molar-refractivity contribution in [2.75, 3.05) is 13.2 Å². The average Bonchev–Trinajstić information content (AvgIpc) is 3.08. The molecular formula is C27H44O3. The molecule has 170 valence electrons. The molecule has 0 radical (unpaired) electrons. The highest BCUT2D eigenvalue weighted by molar-refractivity contribution is 5.79. The number of carbonyl (C=O) groups excluding carboxylic acids is 1. The van der Waals surface area contributed by atoms with Gasteiger partial charge in [-0.1, -0.05) is 38.3 Å². The molecule has 4 rings (SSSR count). The van der Waals surface area contributed by atoms with Crippen LogP contribution >= 0.6 is 0 Å². The van der Waals surface area contributed by atoms with E-state index in [1.54, 1.807) is 5.57 Å². The largest absolute Gasteiger partial charge is 0.396 e. The van der Waals surface area contributed by atoms with Crippen LogP contribution in [0.2, 0.25) is 0 Å². The summed E-state index contributed by atoms with van der Waals surface area (Å²) in [6.07, 6.45) is 17.1. The van der Waals surface area contributed by atoms with Crippen molar-refractivity contribution in [3.63, 3.8) is 0 Å². The Bertz CT molecular complexity index is 654. The predicted molar refractivity (Wildman–Crippen MR) is 121 cm³/mol. The van der Waals surface area contributed by atoms with E-state index in [-0.39, 0.29) is 5.41 Å². The second kappa shape index (κ2) is 9.06. The van der Waals surface area contributed by atoms with E-state index in [0.29, 0.717) is 29.8 Å². The number of rotatable bonds is 8. The number of allylic oxidation sites excluding steroid dienone is 1. The molecule has 3 heteroatoms. The number of ether oxygens (including phenoxy) is 1. The number of Topliss-reactive ketones (excluding diaryl/α,β-unsaturated/α-hetero) is 1. The maximum Gasteiger partial charge on any atom is 0.133 e. The Labute approximate surface area is 184 Å². The summed E-state index contributed by atoms with van der Waals surface area (Å²) in [5.41, 5.74) is 2.30. The molecule has 4 aliphatic rings. The number of hydrogen-bond donors (Lipinski definition) is 1. The van der Waals surface area contributed by atoms with Crippen LogP contribution in [0.3, 0.4) is 0 Å². The van der Waals surface area contributed by atoms with Crippen molar-refractivity contribution in [1.82, 2.24) is 0 Å². The second-order valence-corrected chi connectivity index (χ2v) is 11.4. The smallest absolute Gasteiger partial charge is 0.133 e. The zero-order chi connectivity index (χ0) is 21.4. The summed E-state index contributed by atoms with van der Waals surface area (Å²) in [4.78, 5) is 12.3. The number of fused-ring (bicyclic) bond motifs is 5. The number of hydrogen-bond acceptors (Lipinski definition) is 3. The van der Waals surface area contributed by atoms with Gasteiger partial charge in [0.15, 0.2) is 0 Å². The molecule has 0 aromatic carbocycles. The highest BCUT2D eigenvalue weighted by Gasteiger charge is 2.59. The number of unbranched alkanes of at least 4 members (excludes halogenated alkanes) is 3. The average molecular weight is 417 g/mol. The van der Waals surface area contributed by atoms with E-state index in [1.807, 2.05) is 6.92 Å². The van der Waals surface area contributed by atoms with E-state index in [0.717, 1.165) is 56.5 Å². The molecule has 0 heterocycles. The summed E-state index contributed by atoms with van der Waals surface area (Å²) >= 11 is 0. The lowest BCUT2D eigenvalue weighted by Gasteiger charge is -2.58. The number of aliphatic hydroxyl groups is 1. The first-order chi connectivity index (χ1) is 14.4. The van der Waals surface area contributed by atoms with Crippen molar-refractivity contribution in [2.45, 2.75) is 104 Å². The normalized spacial score (nSPS) is 42.8. The molecule has 4 aliphatic carbocycles. The maximum atomic E-state index is 12.3. The molecule has 0 aliphatic heterocycles. The lowest BCUT2D eigenvalue weighted by atomic mass is 9.47. The van der Waals surface area contributed by atoms with Gasteiger partial charge in [-0.25, -0.2) is 0 Å². The summed E-state index contributed by atoms with van der Waals surface area (Å²) in [5.74, 6) is 3.08. The van der Waals surface area contributed by atoms with Crippen molar-refractivity contribution >= 4 is 5.78 Å². The predicted octanol–water partition coefficient (Wildman–Crippen LogP) is 6.09. The minimum Gasteiger partial charge on any atom is -0.396 e. The van der Waals surface area contributed by atoms with E-state index < -0.39 is 0 Å². The molecule has 0 spiro atoms. The topological polar surface area (TPSA) is 46.5 Å². The third-order valence-electron chi connectivity index (χ3n) is 9.96. The Morgan fingerprint density at radius 1 is 1.07 bits per heavy atom. The van der Waals surface area contributed by atoms with Crippen molar-refractivity contribution in [1.29, 1.82) is 0 Å². The molecular weight excluding hydrogens is 372 g/mol. The molecule has 1 N–H and O–H groups in total. The molecule has 0 amide bonds. The minimum absolute atomic E-state index is 0.255. The maximum absolute atomic E-state index is 12.3. The molecule has 0 aromatic heterocycles. The summed E-state index contributed by atoms with van der Waals surface area (Å²) in [6.45, 7) is 8.02. The van der Waals surface area contributed by atoms with E-state index in [2.05, 4.69) is 19.9 Å². The Hall–Kier alpha value is -0.670. The Balaban J connectivity index is 1.38. The third-order valence-corrected chi connectivity index (χ3v) is 9.96. The monoisotopic (exact) mass is 416 g/mol. The van der Waals surface area contributed by atoms with Gasteiger partial charge in [0, 0.05) is 19.1 Å². The molecule has 1 unspecified atom stereocenters. The van der Waals surface area contributed by atoms with Gasteiger partial charge in [-0.05, 0) is 99.7 Å². The van der Waals surface area contributed by atoms with Gasteiger partial charge in [-0.2, -0.15) is 0 Å². The SMILES string of the molecule is CC(=O)[C@H]1CC[C@H]2[C@@H]3CC=C4CC(OCCCCCCO)CC[C@]4(C)[C@H]3CC[C@]12C. The molecule has 0 bridgehead atoms. The highest BCUT2D eigenvalue weighted by atomic mass is 16.5. The summed E-state index contributed by atoms with van der Waals surface area (Å²) in [7, 11) is 0. The van der Waals surface area contributed by atoms with Gasteiger partial charge in [0.25, 0.3) is 0 Å². The second-order valence-electron chi connectivity index (χ2n) is 11.4. The van der Waals surface area contributed by atoms with E-state index in [1.165, 1.54) is 44.9 Å². The van der Waals surface area contributed by atoms with E-state index >= 15 is 0 Å². The fraction of sp³-hybridized carbons (Fsp3) is 0.889. The zero-order valence-electron chi connectivity index (χ0n) is 19.6. The van der Waals surface area contributed by atoms with Crippen LogP contribution in [-0.2, 0) is 9.53 Å². The van der Waals surface area contributed by atoms with E-state index in [4.69, 9.17) is 9.84 Å². The van der Waals surface area contributed by atoms with Crippen LogP contribution in [0, 0.1) is 34.5 Å². The van der Waals surface area contributed by atoms with Gasteiger partial charge in [0.05, 0.1) is 6.10 Å². The van der Waals surface area contributed by atoms with Crippen molar-refractivity contribution < 1.29 is 14.6 Å². The fourth-order valence-electron chi connectivity index (χ4n) is 8.25. The van der Waals surface area contributed by atoms with Crippen LogP contribution in [0.5, 0.6) is 0 Å². The quantitative estimate of drug-likeness (QED) is 0.384. The summed E-state index contributed by atoms with van der Waals surface area (Å²) in [5, 5.41) is 8.89. The lowest BCUT2D eigenvalue weighted by Crippen LogP contribution is -2.51. The highest BCUT2D eigenvalue weighted by Crippen LogP contribution is 2.66. The standard InChI is InChI=1S/C27H44O3/c1-19(29)23-10-11-24-22-9-8-20-18-21(30-17-7-5-4-6-16-28)12-14-26(20,2)25(22)13-15-27(23,24)3/h8,21-25,28H,4-7,9-18H2,1-3H3/t21?,22-,23+,24-,25-,26-,27+/m0/s1. The minimum atomic E-state index is 0.255. The van der Waals surface area contributed by atoms with Crippen LogP contribution in [-0.4, -0.2) is 30.2 Å². The summed E-state index contributed by atoms with van der Waals surface area (Å²) < 4.78 is 6.28. The van der Waals surface area contributed by atoms with Crippen molar-refractivity contribution in [3.8, 4) is 0 Å². The van der Waals surface area contributed by atoms with Crippen LogP contribution in [0.15, 0.2) is 11.6 Å². The fourth-order valence-corrected chi connectivity index (χ4v) is 8.25. The first-order valence-electron chi connectivity index (χ1n) is 12.8. The molecule has 3 nitrogen and oxygen atoms in total. The van der Waals surface area contributed by atoms with Crippen molar-refractivity contribution in [3.05, 3.63) is 11.6 Å². The lowest BCUT2D eigenvalue weighted by molar-refractivity contribution is -0.127. The number of aliphatic hydroxyl groups excluding tert-OH is 1. The van der Waals surface area contributed by atoms with E-state index in [9.17, 15) is 4.79 Å². The Morgan fingerprint density at radius 3 is 2.63 bits per heavy atom. The summed E-state index contributed by atoms with van der Waals surface area (Å²) in [6, 6.07) is 0. The molecule has 7 atom stereocenters. The van der Waals surface area contributed by atoms with Gasteiger partial charge in [-0.15, -0.1) is 0 Å². The number of ketones is 1. The van der Waals surface area contributed by atoms with Crippen LogP contribution in [0.25, 0.3) is 0 Å².